The number of hydrogen-bond donors (Lipinski definition) is 2. The number of nitrogens with one attached hydrogen (secondary N) is 2. The van der Waals surface area contributed by atoms with E-state index in [2.05, 4.69) is 25.5 Å². The summed E-state index contributed by atoms with van der Waals surface area (Å²) >= 11 is 1.54. The van der Waals surface area contributed by atoms with E-state index in [1.165, 1.54) is 4.88 Å². The minimum absolute atomic E-state index is 0.0456. The van der Waals surface area contributed by atoms with E-state index in [4.69, 9.17) is 9.72 Å². The van der Waals surface area contributed by atoms with Gasteiger partial charge in [-0.1, -0.05) is 0 Å². The number of rotatable bonds is 1. The van der Waals surface area contributed by atoms with Crippen molar-refractivity contribution in [3.05, 3.63) is 41.0 Å². The standard InChI is InChI=1S/C27H31N7O3S/c1-27(2)14-34-17-8-5-15(6-9-17)21-13-29-26(38-21)32-23(35)16-7-10-18(20(11-16)37-4)30-25-28-12-19(22(34)31-25)33(3)24(27)36/h7,10-13,15,17H,5-6,8-9,14H2,1-4H3,(H,28,30,31)(H,29,32,35). The zero-order valence-electron chi connectivity index (χ0n) is 21.9. The van der Waals surface area contributed by atoms with Crippen LogP contribution in [0.25, 0.3) is 0 Å². The second-order valence-electron chi connectivity index (χ2n) is 10.8. The van der Waals surface area contributed by atoms with Gasteiger partial charge in [0.05, 0.1) is 24.4 Å². The van der Waals surface area contributed by atoms with Crippen LogP contribution in [0.5, 0.6) is 5.75 Å². The molecule has 3 aromatic rings. The monoisotopic (exact) mass is 533 g/mol. The Morgan fingerprint density at radius 1 is 1.08 bits per heavy atom. The van der Waals surface area contributed by atoms with Gasteiger partial charge in [0.2, 0.25) is 11.9 Å². The Bertz CT molecular complexity index is 1410. The van der Waals surface area contributed by atoms with Gasteiger partial charge in [-0.05, 0) is 63.6 Å². The fourth-order valence-electron chi connectivity index (χ4n) is 5.74. The number of aromatic nitrogens is 3. The topological polar surface area (TPSA) is 113 Å². The maximum atomic E-state index is 13.4. The molecular weight excluding hydrogens is 502 g/mol. The van der Waals surface area contributed by atoms with E-state index in [9.17, 15) is 9.59 Å². The summed E-state index contributed by atoms with van der Waals surface area (Å²) in [5.74, 6) is 1.83. The Morgan fingerprint density at radius 3 is 2.63 bits per heavy atom. The molecule has 0 unspecified atom stereocenters. The van der Waals surface area contributed by atoms with Gasteiger partial charge in [-0.15, -0.1) is 11.3 Å². The Hall–Kier alpha value is -3.73. The second kappa shape index (κ2) is 9.23. The van der Waals surface area contributed by atoms with Crippen molar-refractivity contribution in [1.82, 2.24) is 15.0 Å². The van der Waals surface area contributed by atoms with E-state index in [1.807, 2.05) is 20.0 Å². The van der Waals surface area contributed by atoms with E-state index in [0.717, 1.165) is 31.5 Å². The predicted molar refractivity (Wildman–Crippen MR) is 148 cm³/mol. The quantitative estimate of drug-likeness (QED) is 0.459. The van der Waals surface area contributed by atoms with Crippen LogP contribution in [0.3, 0.4) is 0 Å². The fourth-order valence-corrected chi connectivity index (χ4v) is 6.72. The zero-order chi connectivity index (χ0) is 26.6. The van der Waals surface area contributed by atoms with Crippen LogP contribution in [0, 0.1) is 5.41 Å². The average molecular weight is 534 g/mol. The van der Waals surface area contributed by atoms with Crippen LogP contribution >= 0.6 is 11.3 Å². The van der Waals surface area contributed by atoms with Gasteiger partial charge in [0, 0.05) is 36.3 Å². The van der Waals surface area contributed by atoms with Crippen molar-refractivity contribution >= 4 is 51.4 Å². The van der Waals surface area contributed by atoms with Gasteiger partial charge in [0.15, 0.2) is 10.9 Å². The van der Waals surface area contributed by atoms with Gasteiger partial charge in [-0.25, -0.2) is 9.97 Å². The summed E-state index contributed by atoms with van der Waals surface area (Å²) in [5, 5.41) is 6.79. The molecule has 2 N–H and O–H groups in total. The molecule has 7 heterocycles. The number of benzene rings is 1. The van der Waals surface area contributed by atoms with Crippen molar-refractivity contribution < 1.29 is 14.3 Å². The lowest BCUT2D eigenvalue weighted by Crippen LogP contribution is -2.46. The normalized spacial score (nSPS) is 22.3. The SMILES string of the molecule is COc1cc2ccc1Nc1ncc3c(n1)N(CC(C)(C)C(=O)N3C)C1CCC(CC1)c1cnc(s1)NC2=O. The van der Waals surface area contributed by atoms with Crippen molar-refractivity contribution in [3.8, 4) is 5.75 Å². The Labute approximate surface area is 225 Å². The molecule has 1 aromatic carbocycles. The third-order valence-electron chi connectivity index (χ3n) is 7.83. The molecule has 8 bridgehead atoms. The number of hydrogen-bond acceptors (Lipinski definition) is 9. The lowest BCUT2D eigenvalue weighted by molar-refractivity contribution is -0.125. The third kappa shape index (κ3) is 4.24. The highest BCUT2D eigenvalue weighted by molar-refractivity contribution is 7.15. The highest BCUT2D eigenvalue weighted by atomic mass is 32.1. The Balaban J connectivity index is 1.48. The first-order chi connectivity index (χ1) is 18.2. The van der Waals surface area contributed by atoms with Crippen LogP contribution in [-0.4, -0.2) is 53.5 Å². The minimum atomic E-state index is -0.583. The molecular formula is C27H31N7O3S. The molecule has 1 saturated carbocycles. The molecule has 5 aliphatic heterocycles. The number of nitrogens with zero attached hydrogens (tertiary/aromatic N) is 5. The van der Waals surface area contributed by atoms with Crippen molar-refractivity contribution in [1.29, 1.82) is 0 Å². The fraction of sp³-hybridized carbons (Fsp3) is 0.444. The van der Waals surface area contributed by atoms with Crippen molar-refractivity contribution in [2.24, 2.45) is 5.41 Å². The van der Waals surface area contributed by atoms with Gasteiger partial charge in [0.25, 0.3) is 5.91 Å². The third-order valence-corrected chi connectivity index (χ3v) is 8.90. The van der Waals surface area contributed by atoms with Crippen LogP contribution in [0.15, 0.2) is 30.6 Å². The first-order valence-corrected chi connectivity index (χ1v) is 13.7. The summed E-state index contributed by atoms with van der Waals surface area (Å²) in [6.45, 7) is 4.58. The smallest absolute Gasteiger partial charge is 0.257 e. The summed E-state index contributed by atoms with van der Waals surface area (Å²) in [5.41, 5.74) is 1.21. The van der Waals surface area contributed by atoms with Crippen LogP contribution in [-0.2, 0) is 4.79 Å². The molecule has 2 amide bonds. The average Bonchev–Trinajstić information content (AvgIpc) is 3.36. The maximum Gasteiger partial charge on any atom is 0.257 e. The second-order valence-corrected chi connectivity index (χ2v) is 11.9. The summed E-state index contributed by atoms with van der Waals surface area (Å²) in [6, 6.07) is 5.43. The first-order valence-electron chi connectivity index (χ1n) is 12.9. The lowest BCUT2D eigenvalue weighted by Gasteiger charge is -2.39. The minimum Gasteiger partial charge on any atom is -0.495 e. The number of amides is 2. The van der Waals surface area contributed by atoms with E-state index < -0.39 is 5.41 Å². The number of thiazole rings is 1. The molecule has 0 radical (unpaired) electrons. The summed E-state index contributed by atoms with van der Waals surface area (Å²) in [6.07, 6.45) is 7.56. The van der Waals surface area contributed by atoms with Crippen LogP contribution in [0.2, 0.25) is 0 Å². The van der Waals surface area contributed by atoms with E-state index in [1.54, 1.807) is 54.8 Å². The van der Waals surface area contributed by atoms with Crippen LogP contribution in [0.4, 0.5) is 28.3 Å². The number of carbonyl (C=O) groups is 2. The highest BCUT2D eigenvalue weighted by Gasteiger charge is 2.42. The Morgan fingerprint density at radius 2 is 1.87 bits per heavy atom. The summed E-state index contributed by atoms with van der Waals surface area (Å²) in [7, 11) is 3.35. The van der Waals surface area contributed by atoms with Crippen LogP contribution < -0.4 is 25.2 Å². The molecule has 1 aliphatic carbocycles. The molecule has 198 valence electrons. The van der Waals surface area contributed by atoms with Gasteiger partial charge in [0.1, 0.15) is 11.4 Å². The molecule has 0 atom stereocenters. The number of carbonyl (C=O) groups excluding carboxylic acids is 2. The summed E-state index contributed by atoms with van der Waals surface area (Å²) in [4.78, 5) is 45.5. The number of anilines is 5. The molecule has 9 rings (SSSR count). The molecule has 11 heteroatoms. The van der Waals surface area contributed by atoms with E-state index in [0.29, 0.717) is 46.2 Å². The first kappa shape index (κ1) is 24.6. The Kier molecular flexibility index (Phi) is 5.97. The van der Waals surface area contributed by atoms with Gasteiger partial charge in [-0.3, -0.25) is 14.9 Å². The molecule has 0 spiro atoms. The zero-order valence-corrected chi connectivity index (χ0v) is 22.8. The molecule has 6 aliphatic rings. The van der Waals surface area contributed by atoms with Gasteiger partial charge >= 0.3 is 0 Å². The van der Waals surface area contributed by atoms with E-state index in [-0.39, 0.29) is 17.9 Å². The lowest BCUT2D eigenvalue weighted by atomic mass is 9.83. The van der Waals surface area contributed by atoms with Gasteiger partial charge in [-0.2, -0.15) is 4.98 Å². The maximum absolute atomic E-state index is 13.4. The molecule has 0 saturated heterocycles. The molecule has 10 nitrogen and oxygen atoms in total. The van der Waals surface area contributed by atoms with Crippen molar-refractivity contribution in [3.63, 3.8) is 0 Å². The molecule has 38 heavy (non-hydrogen) atoms. The number of methoxy groups -OCH3 is 1. The van der Waals surface area contributed by atoms with Crippen molar-refractivity contribution in [2.45, 2.75) is 51.5 Å². The summed E-state index contributed by atoms with van der Waals surface area (Å²) < 4.78 is 5.59. The predicted octanol–water partition coefficient (Wildman–Crippen LogP) is 4.79. The number of ether oxygens (including phenoxy) is 1. The molecule has 1 fully saturated rings. The molecule has 2 aromatic heterocycles. The van der Waals surface area contributed by atoms with E-state index >= 15 is 0 Å². The van der Waals surface area contributed by atoms with Gasteiger partial charge < -0.3 is 19.9 Å². The largest absolute Gasteiger partial charge is 0.495 e. The van der Waals surface area contributed by atoms with Crippen LogP contribution in [0.1, 0.15) is 60.7 Å². The van der Waals surface area contributed by atoms with Crippen molar-refractivity contribution in [2.75, 3.05) is 41.1 Å². The highest BCUT2D eigenvalue weighted by Crippen LogP contribution is 2.43.